The second-order valence-electron chi connectivity index (χ2n) is 4.54. The van der Waals surface area contributed by atoms with Crippen LogP contribution in [0, 0.1) is 18.8 Å². The van der Waals surface area contributed by atoms with Gasteiger partial charge >= 0.3 is 0 Å². The van der Waals surface area contributed by atoms with Gasteiger partial charge < -0.3 is 15.2 Å². The Morgan fingerprint density at radius 1 is 1.50 bits per heavy atom. The average molecular weight is 275 g/mol. The maximum atomic E-state index is 12.2. The molecule has 2 N–H and O–H groups in total. The molecule has 1 amide bonds. The quantitative estimate of drug-likeness (QED) is 0.801. The highest BCUT2D eigenvalue weighted by molar-refractivity contribution is 5.97. The molecule has 0 saturated carbocycles. The van der Waals surface area contributed by atoms with E-state index in [-0.39, 0.29) is 18.6 Å². The molecule has 0 aromatic heterocycles. The maximum absolute atomic E-state index is 12.2. The molecule has 1 aromatic carbocycles. The van der Waals surface area contributed by atoms with Crippen molar-refractivity contribution in [2.24, 2.45) is 0 Å². The topological polar surface area (TPSA) is 58.6 Å². The SMILES string of the molecule is CCOCC(C)NC(=O)c1ccc(C)cc1C#CCO. The number of rotatable bonds is 5. The van der Waals surface area contributed by atoms with Crippen molar-refractivity contribution in [3.63, 3.8) is 0 Å². The number of ether oxygens (including phenoxy) is 1. The predicted octanol–water partition coefficient (Wildman–Crippen LogP) is 1.49. The van der Waals surface area contributed by atoms with Crippen LogP contribution in [0.15, 0.2) is 18.2 Å². The molecule has 0 aliphatic heterocycles. The summed E-state index contributed by atoms with van der Waals surface area (Å²) in [5.74, 6) is 5.20. The lowest BCUT2D eigenvalue weighted by Gasteiger charge is -2.14. The molecule has 0 saturated heterocycles. The zero-order valence-electron chi connectivity index (χ0n) is 12.2. The number of hydrogen-bond acceptors (Lipinski definition) is 3. The highest BCUT2D eigenvalue weighted by Gasteiger charge is 2.13. The number of benzene rings is 1. The molecule has 4 nitrogen and oxygen atoms in total. The van der Waals surface area contributed by atoms with Crippen LogP contribution in [0.5, 0.6) is 0 Å². The normalized spacial score (nSPS) is 11.4. The molecular weight excluding hydrogens is 254 g/mol. The Morgan fingerprint density at radius 2 is 2.25 bits per heavy atom. The number of aliphatic hydroxyl groups is 1. The Hall–Kier alpha value is -1.83. The highest BCUT2D eigenvalue weighted by atomic mass is 16.5. The summed E-state index contributed by atoms with van der Waals surface area (Å²) in [4.78, 5) is 12.2. The fourth-order valence-electron chi connectivity index (χ4n) is 1.73. The maximum Gasteiger partial charge on any atom is 0.252 e. The zero-order valence-corrected chi connectivity index (χ0v) is 12.2. The monoisotopic (exact) mass is 275 g/mol. The molecule has 0 bridgehead atoms. The Kier molecular flexibility index (Phi) is 6.78. The van der Waals surface area contributed by atoms with E-state index in [0.29, 0.717) is 24.3 Å². The number of aryl methyl sites for hydroxylation is 1. The van der Waals surface area contributed by atoms with Crippen LogP contribution < -0.4 is 5.32 Å². The number of nitrogens with one attached hydrogen (secondary N) is 1. The van der Waals surface area contributed by atoms with Crippen molar-refractivity contribution in [3.8, 4) is 11.8 Å². The summed E-state index contributed by atoms with van der Waals surface area (Å²) >= 11 is 0. The van der Waals surface area contributed by atoms with Crippen molar-refractivity contribution in [3.05, 3.63) is 34.9 Å². The molecule has 1 atom stereocenters. The number of amides is 1. The van der Waals surface area contributed by atoms with Crippen LogP contribution in [0.3, 0.4) is 0 Å². The molecule has 20 heavy (non-hydrogen) atoms. The van der Waals surface area contributed by atoms with Gasteiger partial charge in [0.05, 0.1) is 12.2 Å². The van der Waals surface area contributed by atoms with Gasteiger partial charge in [-0.2, -0.15) is 0 Å². The second kappa shape index (κ2) is 8.36. The fraction of sp³-hybridized carbons (Fsp3) is 0.438. The molecule has 1 rings (SSSR count). The molecule has 4 heteroatoms. The lowest BCUT2D eigenvalue weighted by Crippen LogP contribution is -2.36. The van der Waals surface area contributed by atoms with Crippen LogP contribution in [-0.2, 0) is 4.74 Å². The van der Waals surface area contributed by atoms with Crippen LogP contribution in [0.4, 0.5) is 0 Å². The van der Waals surface area contributed by atoms with Gasteiger partial charge in [0.15, 0.2) is 0 Å². The molecule has 1 unspecified atom stereocenters. The molecule has 0 aliphatic carbocycles. The first-order valence-corrected chi connectivity index (χ1v) is 6.67. The summed E-state index contributed by atoms with van der Waals surface area (Å²) < 4.78 is 5.27. The highest BCUT2D eigenvalue weighted by Crippen LogP contribution is 2.11. The van der Waals surface area contributed by atoms with Gasteiger partial charge in [0.2, 0.25) is 0 Å². The molecule has 1 aromatic rings. The van der Waals surface area contributed by atoms with E-state index in [1.807, 2.05) is 32.9 Å². The molecule has 0 fully saturated rings. The smallest absolute Gasteiger partial charge is 0.252 e. The Labute approximate surface area is 120 Å². The standard InChI is InChI=1S/C16H21NO3/c1-4-20-11-13(3)17-16(19)15-8-7-12(2)10-14(15)6-5-9-18/h7-8,10,13,18H,4,9,11H2,1-3H3,(H,17,19). The van der Waals surface area contributed by atoms with Gasteiger partial charge in [0, 0.05) is 18.2 Å². The Balaban J connectivity index is 2.86. The zero-order chi connectivity index (χ0) is 15.0. The lowest BCUT2D eigenvalue weighted by atomic mass is 10.0. The number of hydrogen-bond donors (Lipinski definition) is 2. The largest absolute Gasteiger partial charge is 0.384 e. The summed E-state index contributed by atoms with van der Waals surface area (Å²) in [5, 5.41) is 11.7. The van der Waals surface area contributed by atoms with Crippen molar-refractivity contribution in [2.75, 3.05) is 19.8 Å². The van der Waals surface area contributed by atoms with E-state index in [9.17, 15) is 4.79 Å². The number of carbonyl (C=O) groups is 1. The van der Waals surface area contributed by atoms with Crippen molar-refractivity contribution in [1.29, 1.82) is 0 Å². The Morgan fingerprint density at radius 3 is 2.90 bits per heavy atom. The number of aliphatic hydroxyl groups excluding tert-OH is 1. The van der Waals surface area contributed by atoms with Gasteiger partial charge in [-0.05, 0) is 38.5 Å². The first kappa shape index (κ1) is 16.2. The van der Waals surface area contributed by atoms with Crippen LogP contribution in [0.1, 0.15) is 35.3 Å². The molecule has 0 radical (unpaired) electrons. The van der Waals surface area contributed by atoms with Gasteiger partial charge in [-0.3, -0.25) is 4.79 Å². The van der Waals surface area contributed by atoms with Crippen LogP contribution >= 0.6 is 0 Å². The summed E-state index contributed by atoms with van der Waals surface area (Å²) in [6, 6.07) is 5.39. The predicted molar refractivity (Wildman–Crippen MR) is 78.6 cm³/mol. The van der Waals surface area contributed by atoms with Crippen molar-refractivity contribution >= 4 is 5.91 Å². The van der Waals surface area contributed by atoms with E-state index in [0.717, 1.165) is 5.56 Å². The third kappa shape index (κ3) is 5.04. The molecular formula is C16H21NO3. The molecule has 108 valence electrons. The van der Waals surface area contributed by atoms with E-state index < -0.39 is 0 Å². The summed E-state index contributed by atoms with van der Waals surface area (Å²) in [7, 11) is 0. The first-order valence-electron chi connectivity index (χ1n) is 6.67. The third-order valence-electron chi connectivity index (χ3n) is 2.67. The molecule has 0 spiro atoms. The van der Waals surface area contributed by atoms with Crippen LogP contribution in [0.2, 0.25) is 0 Å². The van der Waals surface area contributed by atoms with E-state index in [1.165, 1.54) is 0 Å². The van der Waals surface area contributed by atoms with Crippen molar-refractivity contribution < 1.29 is 14.6 Å². The summed E-state index contributed by atoms with van der Waals surface area (Å²) in [6.07, 6.45) is 0. The lowest BCUT2D eigenvalue weighted by molar-refractivity contribution is 0.0872. The first-order chi connectivity index (χ1) is 9.58. The van der Waals surface area contributed by atoms with Gasteiger partial charge in [-0.15, -0.1) is 0 Å². The molecule has 0 aliphatic rings. The fourth-order valence-corrected chi connectivity index (χ4v) is 1.73. The van der Waals surface area contributed by atoms with Gasteiger partial charge in [0.1, 0.15) is 6.61 Å². The van der Waals surface area contributed by atoms with E-state index in [2.05, 4.69) is 17.2 Å². The van der Waals surface area contributed by atoms with E-state index in [4.69, 9.17) is 9.84 Å². The van der Waals surface area contributed by atoms with Crippen molar-refractivity contribution in [2.45, 2.75) is 26.8 Å². The van der Waals surface area contributed by atoms with Crippen LogP contribution in [0.25, 0.3) is 0 Å². The van der Waals surface area contributed by atoms with Gasteiger partial charge in [0.25, 0.3) is 5.91 Å². The minimum atomic E-state index is -0.226. The van der Waals surface area contributed by atoms with Gasteiger partial charge in [-0.1, -0.05) is 17.9 Å². The minimum Gasteiger partial charge on any atom is -0.384 e. The summed E-state index contributed by atoms with van der Waals surface area (Å²) in [6.45, 7) is 6.61. The number of carbonyl (C=O) groups excluding carboxylic acids is 1. The summed E-state index contributed by atoms with van der Waals surface area (Å²) in [5.41, 5.74) is 2.16. The molecule has 0 heterocycles. The average Bonchev–Trinajstić information content (AvgIpc) is 2.42. The van der Waals surface area contributed by atoms with Gasteiger partial charge in [-0.25, -0.2) is 0 Å². The van der Waals surface area contributed by atoms with E-state index in [1.54, 1.807) is 6.07 Å². The van der Waals surface area contributed by atoms with E-state index >= 15 is 0 Å². The van der Waals surface area contributed by atoms with Crippen molar-refractivity contribution in [1.82, 2.24) is 5.32 Å². The Bertz CT molecular complexity index is 514. The minimum absolute atomic E-state index is 0.0672. The van der Waals surface area contributed by atoms with Crippen LogP contribution in [-0.4, -0.2) is 36.9 Å². The second-order valence-corrected chi connectivity index (χ2v) is 4.54. The third-order valence-corrected chi connectivity index (χ3v) is 2.67.